The summed E-state index contributed by atoms with van der Waals surface area (Å²) >= 11 is 0. The minimum Gasteiger partial charge on any atom is -0.377 e. The Morgan fingerprint density at radius 1 is 0.938 bits per heavy atom. The van der Waals surface area contributed by atoms with Crippen LogP contribution in [0.15, 0.2) is 0 Å². The summed E-state index contributed by atoms with van der Waals surface area (Å²) in [5.41, 5.74) is 0. The number of ether oxygens (including phenoxy) is 5. The summed E-state index contributed by atoms with van der Waals surface area (Å²) in [5, 5.41) is 0. The van der Waals surface area contributed by atoms with Crippen LogP contribution in [0.1, 0.15) is 6.92 Å². The summed E-state index contributed by atoms with van der Waals surface area (Å²) in [6.07, 6.45) is 1.37. The molecular weight excluding hydrogens is 212 g/mol. The smallest absolute Gasteiger partial charge is 0.104 e. The maximum atomic E-state index is 5.23. The first-order valence-corrected chi connectivity index (χ1v) is 5.85. The van der Waals surface area contributed by atoms with E-state index in [1.807, 2.05) is 0 Å². The number of hydrogen-bond donors (Lipinski definition) is 0. The Bertz CT molecular complexity index is 170. The first-order valence-electron chi connectivity index (χ1n) is 5.85. The van der Waals surface area contributed by atoms with Gasteiger partial charge in [0, 0.05) is 0 Å². The van der Waals surface area contributed by atoms with Crippen molar-refractivity contribution in [2.45, 2.75) is 25.2 Å². The van der Waals surface area contributed by atoms with E-state index in [9.17, 15) is 0 Å². The van der Waals surface area contributed by atoms with Gasteiger partial charge in [0.1, 0.15) is 12.2 Å². The molecule has 0 N–H and O–H groups in total. The average Bonchev–Trinajstić information content (AvgIpc) is 3.04. The predicted octanol–water partition coefficient (Wildman–Crippen LogP) is 0.222. The molecule has 4 aliphatic heterocycles. The normalized spacial score (nSPS) is 36.2. The van der Waals surface area contributed by atoms with E-state index in [1.54, 1.807) is 0 Å². The van der Waals surface area contributed by atoms with Gasteiger partial charge in [-0.1, -0.05) is 0 Å². The Labute approximate surface area is 95.9 Å². The lowest BCUT2D eigenvalue weighted by atomic mass is 10.5. The fourth-order valence-electron chi connectivity index (χ4n) is 0.756. The fourth-order valence-corrected chi connectivity index (χ4v) is 0.756. The van der Waals surface area contributed by atoms with E-state index in [0.717, 1.165) is 46.2 Å². The third kappa shape index (κ3) is 9.06. The number of rotatable bonds is 4. The van der Waals surface area contributed by atoms with E-state index < -0.39 is 0 Å². The molecule has 5 heteroatoms. The van der Waals surface area contributed by atoms with E-state index in [-0.39, 0.29) is 0 Å². The van der Waals surface area contributed by atoms with Crippen LogP contribution < -0.4 is 0 Å². The second-order valence-corrected chi connectivity index (χ2v) is 4.20. The molecule has 0 radical (unpaired) electrons. The van der Waals surface area contributed by atoms with Gasteiger partial charge in [-0.3, -0.25) is 0 Å². The van der Waals surface area contributed by atoms with Crippen molar-refractivity contribution in [2.24, 2.45) is 0 Å². The van der Waals surface area contributed by atoms with Crippen molar-refractivity contribution in [3.05, 3.63) is 0 Å². The fraction of sp³-hybridized carbons (Fsp3) is 1.00. The number of hydrogen-bond acceptors (Lipinski definition) is 5. The van der Waals surface area contributed by atoms with Gasteiger partial charge in [0.2, 0.25) is 0 Å². The zero-order valence-electron chi connectivity index (χ0n) is 9.72. The van der Waals surface area contributed by atoms with Crippen LogP contribution in [0.4, 0.5) is 0 Å². The topological polar surface area (TPSA) is 59.4 Å². The van der Waals surface area contributed by atoms with Crippen LogP contribution in [-0.2, 0) is 23.7 Å². The molecule has 4 aliphatic rings. The molecule has 5 nitrogen and oxygen atoms in total. The third-order valence-electron chi connectivity index (χ3n) is 2.12. The molecule has 0 bridgehead atoms. The Hall–Kier alpha value is -0.200. The molecule has 4 rings (SSSR count). The maximum absolute atomic E-state index is 5.23. The van der Waals surface area contributed by atoms with E-state index in [4.69, 9.17) is 18.9 Å². The standard InChI is InChI=1S/C6H10O3.C3H6O.C2H4O/c1(5-3-8-5)7-2-6-4-9-6;1-3-2-4-3;1-2-3-1/h5-6H,1-4H2;3H,2H2,1H3;1-2H2. The zero-order valence-corrected chi connectivity index (χ0v) is 9.72. The molecule has 0 spiro atoms. The first-order chi connectivity index (χ1) is 7.84. The molecule has 94 valence electrons. The number of epoxide rings is 4. The highest BCUT2D eigenvalue weighted by Gasteiger charge is 2.26. The van der Waals surface area contributed by atoms with Crippen LogP contribution in [0.25, 0.3) is 0 Å². The van der Waals surface area contributed by atoms with Crippen LogP contribution in [0.3, 0.4) is 0 Å². The lowest BCUT2D eigenvalue weighted by Gasteiger charge is -1.95. The SMILES string of the molecule is C(OCC1CO1)C1CO1.C1CO1.CC1CO1. The van der Waals surface area contributed by atoms with Gasteiger partial charge < -0.3 is 23.7 Å². The maximum Gasteiger partial charge on any atom is 0.104 e. The van der Waals surface area contributed by atoms with Crippen molar-refractivity contribution in [3.8, 4) is 0 Å². The molecule has 0 saturated carbocycles. The Morgan fingerprint density at radius 3 is 1.50 bits per heavy atom. The van der Waals surface area contributed by atoms with Gasteiger partial charge in [-0.15, -0.1) is 0 Å². The molecule has 0 aliphatic carbocycles. The highest BCUT2D eigenvalue weighted by Crippen LogP contribution is 2.12. The van der Waals surface area contributed by atoms with Crippen molar-refractivity contribution >= 4 is 0 Å². The average molecular weight is 232 g/mol. The van der Waals surface area contributed by atoms with E-state index in [0.29, 0.717) is 18.3 Å². The van der Waals surface area contributed by atoms with Crippen molar-refractivity contribution in [2.75, 3.05) is 46.2 Å². The molecule has 0 aromatic carbocycles. The van der Waals surface area contributed by atoms with Crippen LogP contribution >= 0.6 is 0 Å². The van der Waals surface area contributed by atoms with Crippen LogP contribution in [0.5, 0.6) is 0 Å². The molecule has 0 aromatic heterocycles. The Morgan fingerprint density at radius 2 is 1.31 bits per heavy atom. The van der Waals surface area contributed by atoms with Crippen molar-refractivity contribution in [3.63, 3.8) is 0 Å². The lowest BCUT2D eigenvalue weighted by Crippen LogP contribution is -2.06. The van der Waals surface area contributed by atoms with E-state index in [1.165, 1.54) is 0 Å². The molecule has 4 heterocycles. The molecule has 16 heavy (non-hydrogen) atoms. The summed E-state index contributed by atoms with van der Waals surface area (Å²) in [4.78, 5) is 0. The highest BCUT2D eigenvalue weighted by atomic mass is 16.6. The van der Waals surface area contributed by atoms with E-state index >= 15 is 0 Å². The molecule has 3 unspecified atom stereocenters. The lowest BCUT2D eigenvalue weighted by molar-refractivity contribution is 0.102. The minimum atomic E-state index is 0.392. The molecule has 0 amide bonds. The monoisotopic (exact) mass is 232 g/mol. The summed E-state index contributed by atoms with van der Waals surface area (Å²) in [6.45, 7) is 8.30. The first kappa shape index (κ1) is 12.3. The van der Waals surface area contributed by atoms with E-state index in [2.05, 4.69) is 11.7 Å². The van der Waals surface area contributed by atoms with Gasteiger partial charge in [-0.25, -0.2) is 0 Å². The van der Waals surface area contributed by atoms with Gasteiger partial charge in [0.25, 0.3) is 0 Å². The van der Waals surface area contributed by atoms with Crippen molar-refractivity contribution in [1.29, 1.82) is 0 Å². The highest BCUT2D eigenvalue weighted by molar-refractivity contribution is 4.71. The Balaban J connectivity index is 0.000000113. The van der Waals surface area contributed by atoms with Gasteiger partial charge in [-0.2, -0.15) is 0 Å². The van der Waals surface area contributed by atoms with Gasteiger partial charge in [0.05, 0.1) is 52.4 Å². The Kier molecular flexibility index (Phi) is 4.99. The van der Waals surface area contributed by atoms with Crippen molar-refractivity contribution in [1.82, 2.24) is 0 Å². The van der Waals surface area contributed by atoms with Gasteiger partial charge in [-0.05, 0) is 6.92 Å². The summed E-state index contributed by atoms with van der Waals surface area (Å²) in [6, 6.07) is 0. The molecular formula is C11H20O5. The zero-order chi connectivity index (χ0) is 11.2. The van der Waals surface area contributed by atoms with Gasteiger partial charge >= 0.3 is 0 Å². The molecule has 4 saturated heterocycles. The van der Waals surface area contributed by atoms with Crippen LogP contribution in [0.2, 0.25) is 0 Å². The van der Waals surface area contributed by atoms with Crippen molar-refractivity contribution < 1.29 is 23.7 Å². The second-order valence-electron chi connectivity index (χ2n) is 4.20. The quantitative estimate of drug-likeness (QED) is 0.649. The largest absolute Gasteiger partial charge is 0.377 e. The predicted molar refractivity (Wildman–Crippen MR) is 56.5 cm³/mol. The summed E-state index contributed by atoms with van der Waals surface area (Å²) < 4.78 is 24.3. The van der Waals surface area contributed by atoms with Crippen LogP contribution in [0, 0.1) is 0 Å². The van der Waals surface area contributed by atoms with Gasteiger partial charge in [0.15, 0.2) is 0 Å². The second kappa shape index (κ2) is 6.51. The molecule has 3 atom stereocenters. The third-order valence-corrected chi connectivity index (χ3v) is 2.12. The molecule has 0 aromatic rings. The summed E-state index contributed by atoms with van der Waals surface area (Å²) in [5.74, 6) is 0. The van der Waals surface area contributed by atoms with Crippen LogP contribution in [-0.4, -0.2) is 64.6 Å². The molecule has 4 fully saturated rings. The summed E-state index contributed by atoms with van der Waals surface area (Å²) in [7, 11) is 0. The minimum absolute atomic E-state index is 0.392.